The summed E-state index contributed by atoms with van der Waals surface area (Å²) in [5.74, 6) is 2.38. The molecular weight excluding hydrogens is 290 g/mol. The standard InChI is InChI=1S/C17H21N5O/c1-9-19-16(22-21-9)12-3-2-4-13(8-12)20-17(23)14-10-5-6-11(7-10)15(14)18/h2-4,8,10-11,14-15H,5-7,18H2,1H3,(H,20,23)(H,19,21,22). The number of aryl methyl sites for hydroxylation is 1. The average Bonchev–Trinajstić information content (AvgIpc) is 3.23. The quantitative estimate of drug-likeness (QED) is 0.808. The number of benzene rings is 1. The molecule has 23 heavy (non-hydrogen) atoms. The van der Waals surface area contributed by atoms with Gasteiger partial charge in [0.25, 0.3) is 0 Å². The molecule has 0 saturated heterocycles. The molecule has 4 N–H and O–H groups in total. The van der Waals surface area contributed by atoms with Crippen molar-refractivity contribution in [2.45, 2.75) is 32.2 Å². The highest BCUT2D eigenvalue weighted by Crippen LogP contribution is 2.47. The zero-order chi connectivity index (χ0) is 16.0. The van der Waals surface area contributed by atoms with Crippen molar-refractivity contribution in [3.63, 3.8) is 0 Å². The van der Waals surface area contributed by atoms with Gasteiger partial charge in [-0.15, -0.1) is 0 Å². The Hall–Kier alpha value is -2.21. The van der Waals surface area contributed by atoms with E-state index in [0.29, 0.717) is 17.7 Å². The first-order chi connectivity index (χ1) is 11.1. The van der Waals surface area contributed by atoms with Gasteiger partial charge in [-0.05, 0) is 50.2 Å². The summed E-state index contributed by atoms with van der Waals surface area (Å²) in [7, 11) is 0. The number of amides is 1. The SMILES string of the molecule is Cc1nc(-c2cccc(NC(=O)C3C4CCC(C4)C3N)c2)n[nH]1. The van der Waals surface area contributed by atoms with Crippen molar-refractivity contribution >= 4 is 11.6 Å². The number of aromatic amines is 1. The molecule has 2 aliphatic rings. The fraction of sp³-hybridized carbons (Fsp3) is 0.471. The largest absolute Gasteiger partial charge is 0.327 e. The predicted molar refractivity (Wildman–Crippen MR) is 87.5 cm³/mol. The number of carbonyl (C=O) groups excluding carboxylic acids is 1. The van der Waals surface area contributed by atoms with Crippen molar-refractivity contribution in [3.8, 4) is 11.4 Å². The van der Waals surface area contributed by atoms with E-state index in [1.165, 1.54) is 6.42 Å². The summed E-state index contributed by atoms with van der Waals surface area (Å²) in [4.78, 5) is 17.0. The lowest BCUT2D eigenvalue weighted by Gasteiger charge is -2.27. The first-order valence-electron chi connectivity index (χ1n) is 8.17. The van der Waals surface area contributed by atoms with Crippen LogP contribution in [0.1, 0.15) is 25.1 Å². The average molecular weight is 311 g/mol. The van der Waals surface area contributed by atoms with E-state index < -0.39 is 0 Å². The second kappa shape index (κ2) is 5.45. The Bertz CT molecular complexity index is 738. The summed E-state index contributed by atoms with van der Waals surface area (Å²) >= 11 is 0. The van der Waals surface area contributed by atoms with Crippen molar-refractivity contribution < 1.29 is 4.79 Å². The summed E-state index contributed by atoms with van der Waals surface area (Å²) in [6.07, 6.45) is 3.41. The smallest absolute Gasteiger partial charge is 0.229 e. The molecule has 1 aromatic heterocycles. The third-order valence-corrected chi connectivity index (χ3v) is 5.27. The first kappa shape index (κ1) is 14.4. The van der Waals surface area contributed by atoms with Crippen molar-refractivity contribution in [1.82, 2.24) is 15.2 Å². The van der Waals surface area contributed by atoms with Crippen LogP contribution in [0.2, 0.25) is 0 Å². The Morgan fingerprint density at radius 3 is 2.87 bits per heavy atom. The van der Waals surface area contributed by atoms with Gasteiger partial charge >= 0.3 is 0 Å². The second-order valence-corrected chi connectivity index (χ2v) is 6.75. The zero-order valence-corrected chi connectivity index (χ0v) is 13.1. The molecule has 6 heteroatoms. The van der Waals surface area contributed by atoms with Gasteiger partial charge in [-0.2, -0.15) is 5.10 Å². The third kappa shape index (κ3) is 2.53. The molecule has 1 heterocycles. The monoisotopic (exact) mass is 311 g/mol. The Balaban J connectivity index is 1.52. The van der Waals surface area contributed by atoms with E-state index >= 15 is 0 Å². The molecule has 2 bridgehead atoms. The van der Waals surface area contributed by atoms with Gasteiger partial charge in [0.15, 0.2) is 5.82 Å². The van der Waals surface area contributed by atoms with Crippen LogP contribution in [-0.4, -0.2) is 27.1 Å². The molecule has 1 aromatic carbocycles. The van der Waals surface area contributed by atoms with Gasteiger partial charge in [0, 0.05) is 17.3 Å². The Labute approximate surface area is 134 Å². The van der Waals surface area contributed by atoms with Crippen molar-refractivity contribution in [3.05, 3.63) is 30.1 Å². The van der Waals surface area contributed by atoms with E-state index in [2.05, 4.69) is 20.5 Å². The van der Waals surface area contributed by atoms with Crippen LogP contribution in [0.25, 0.3) is 11.4 Å². The summed E-state index contributed by atoms with van der Waals surface area (Å²) in [6, 6.07) is 7.63. The molecule has 0 spiro atoms. The molecule has 0 aliphatic heterocycles. The Morgan fingerprint density at radius 1 is 1.35 bits per heavy atom. The lowest BCUT2D eigenvalue weighted by molar-refractivity contribution is -0.121. The molecule has 0 radical (unpaired) electrons. The van der Waals surface area contributed by atoms with Gasteiger partial charge in [-0.3, -0.25) is 9.89 Å². The van der Waals surface area contributed by atoms with Crippen LogP contribution in [0, 0.1) is 24.7 Å². The minimum absolute atomic E-state index is 0.00703. The van der Waals surface area contributed by atoms with Crippen LogP contribution in [0.3, 0.4) is 0 Å². The highest BCUT2D eigenvalue weighted by atomic mass is 16.2. The molecule has 2 aromatic rings. The van der Waals surface area contributed by atoms with Gasteiger partial charge in [0.05, 0.1) is 5.92 Å². The van der Waals surface area contributed by atoms with Crippen molar-refractivity contribution in [2.24, 2.45) is 23.5 Å². The van der Waals surface area contributed by atoms with Gasteiger partial charge in [0.2, 0.25) is 5.91 Å². The highest BCUT2D eigenvalue weighted by Gasteiger charge is 2.49. The molecule has 2 fully saturated rings. The van der Waals surface area contributed by atoms with Crippen LogP contribution in [-0.2, 0) is 4.79 Å². The topological polar surface area (TPSA) is 96.7 Å². The maximum atomic E-state index is 12.6. The number of aromatic nitrogens is 3. The van der Waals surface area contributed by atoms with Crippen LogP contribution in [0.15, 0.2) is 24.3 Å². The Morgan fingerprint density at radius 2 is 2.17 bits per heavy atom. The third-order valence-electron chi connectivity index (χ3n) is 5.27. The minimum Gasteiger partial charge on any atom is -0.327 e. The number of nitrogens with zero attached hydrogens (tertiary/aromatic N) is 2. The van der Waals surface area contributed by atoms with Gasteiger partial charge in [0.1, 0.15) is 5.82 Å². The van der Waals surface area contributed by atoms with Gasteiger partial charge < -0.3 is 11.1 Å². The molecule has 2 aliphatic carbocycles. The predicted octanol–water partition coefficient (Wildman–Crippen LogP) is 2.09. The normalized spacial score (nSPS) is 29.0. The molecule has 4 atom stereocenters. The lowest BCUT2D eigenvalue weighted by atomic mass is 9.84. The highest BCUT2D eigenvalue weighted by molar-refractivity contribution is 5.94. The van der Waals surface area contributed by atoms with Crippen LogP contribution in [0.5, 0.6) is 0 Å². The van der Waals surface area contributed by atoms with Crippen molar-refractivity contribution in [1.29, 1.82) is 0 Å². The van der Waals surface area contributed by atoms with Crippen LogP contribution >= 0.6 is 0 Å². The van der Waals surface area contributed by atoms with Crippen LogP contribution in [0.4, 0.5) is 5.69 Å². The fourth-order valence-electron chi connectivity index (χ4n) is 4.16. The lowest BCUT2D eigenvalue weighted by Crippen LogP contribution is -2.42. The van der Waals surface area contributed by atoms with E-state index in [1.54, 1.807) is 0 Å². The molecule has 120 valence electrons. The number of hydrogen-bond acceptors (Lipinski definition) is 4. The van der Waals surface area contributed by atoms with Crippen molar-refractivity contribution in [2.75, 3.05) is 5.32 Å². The number of anilines is 1. The zero-order valence-electron chi connectivity index (χ0n) is 13.1. The molecule has 4 unspecified atom stereocenters. The Kier molecular flexibility index (Phi) is 3.41. The first-order valence-corrected chi connectivity index (χ1v) is 8.17. The maximum Gasteiger partial charge on any atom is 0.229 e. The number of carbonyl (C=O) groups is 1. The van der Waals surface area contributed by atoms with E-state index in [-0.39, 0.29) is 17.9 Å². The van der Waals surface area contributed by atoms with E-state index in [1.807, 2.05) is 31.2 Å². The van der Waals surface area contributed by atoms with E-state index in [9.17, 15) is 4.79 Å². The summed E-state index contributed by atoms with van der Waals surface area (Å²) in [5.41, 5.74) is 7.90. The molecule has 6 nitrogen and oxygen atoms in total. The van der Waals surface area contributed by atoms with E-state index in [0.717, 1.165) is 29.9 Å². The summed E-state index contributed by atoms with van der Waals surface area (Å²) < 4.78 is 0. The van der Waals surface area contributed by atoms with Gasteiger partial charge in [-0.1, -0.05) is 12.1 Å². The number of rotatable bonds is 3. The number of nitrogens with two attached hydrogens (primary N) is 1. The van der Waals surface area contributed by atoms with Gasteiger partial charge in [-0.25, -0.2) is 4.98 Å². The molecule has 2 saturated carbocycles. The summed E-state index contributed by atoms with van der Waals surface area (Å²) in [6.45, 7) is 1.86. The summed E-state index contributed by atoms with van der Waals surface area (Å²) in [5, 5.41) is 10.0. The van der Waals surface area contributed by atoms with E-state index in [4.69, 9.17) is 5.73 Å². The van der Waals surface area contributed by atoms with Crippen LogP contribution < -0.4 is 11.1 Å². The maximum absolute atomic E-state index is 12.6. The number of fused-ring (bicyclic) bond motifs is 2. The number of H-pyrrole nitrogens is 1. The minimum atomic E-state index is -0.0526. The number of hydrogen-bond donors (Lipinski definition) is 3. The number of nitrogens with one attached hydrogen (secondary N) is 2. The molecule has 1 amide bonds. The second-order valence-electron chi connectivity index (χ2n) is 6.75. The molecular formula is C17H21N5O. The fourth-order valence-corrected chi connectivity index (χ4v) is 4.16. The molecule has 4 rings (SSSR count).